The van der Waals surface area contributed by atoms with E-state index in [0.717, 1.165) is 12.3 Å². The third kappa shape index (κ3) is 5.44. The zero-order chi connectivity index (χ0) is 26.7. The fraction of sp³-hybridized carbons (Fsp3) is 0.292. The van der Waals surface area contributed by atoms with Crippen LogP contribution in [-0.2, 0) is 4.79 Å². The van der Waals surface area contributed by atoms with E-state index in [1.54, 1.807) is 4.90 Å². The van der Waals surface area contributed by atoms with Crippen LogP contribution >= 0.6 is 0 Å². The molecule has 0 bridgehead atoms. The Morgan fingerprint density at radius 2 is 1.58 bits per heavy atom. The number of benzene rings is 2. The van der Waals surface area contributed by atoms with Crippen molar-refractivity contribution in [2.45, 2.75) is 13.0 Å². The number of aromatic nitrogens is 1. The number of nitrogens with zero attached hydrogens (tertiary/aromatic N) is 3. The molecule has 3 aromatic rings. The summed E-state index contributed by atoms with van der Waals surface area (Å²) in [5, 5.41) is 34.4. The molecule has 1 aromatic heterocycles. The molecule has 1 saturated heterocycles. The van der Waals surface area contributed by atoms with Gasteiger partial charge in [-0.2, -0.15) is 0 Å². The highest BCUT2D eigenvalue weighted by molar-refractivity contribution is 5.94. The number of aliphatic hydroxyl groups is 1. The predicted molar refractivity (Wildman–Crippen MR) is 127 cm³/mol. The van der Waals surface area contributed by atoms with E-state index in [9.17, 15) is 29.0 Å². The number of aromatic hydroxyl groups is 1. The SMILES string of the molecule is CC(O)C(=O)O.CN1CCN(c2c(F)cc3c(=O)c(C(=O)O)cn(-c4ccc(O)cc4)c3c2F)CC1. The number of rotatable bonds is 4. The first-order valence-electron chi connectivity index (χ1n) is 10.9. The molecule has 12 heteroatoms. The quantitative estimate of drug-likeness (QED) is 0.418. The number of carbonyl (C=O) groups is 2. The smallest absolute Gasteiger partial charge is 0.341 e. The summed E-state index contributed by atoms with van der Waals surface area (Å²) in [6.45, 7) is 3.26. The average Bonchev–Trinajstić information content (AvgIpc) is 2.81. The van der Waals surface area contributed by atoms with Crippen LogP contribution in [-0.4, -0.2) is 81.2 Å². The molecule has 0 aliphatic carbocycles. The summed E-state index contributed by atoms with van der Waals surface area (Å²) < 4.78 is 31.8. The van der Waals surface area contributed by atoms with Crippen LogP contribution in [0.2, 0.25) is 0 Å². The summed E-state index contributed by atoms with van der Waals surface area (Å²) in [6.07, 6.45) is -0.210. The van der Waals surface area contributed by atoms with E-state index in [1.165, 1.54) is 35.8 Å². The number of hydrogen-bond donors (Lipinski definition) is 4. The molecule has 1 aliphatic rings. The van der Waals surface area contributed by atoms with Crippen molar-refractivity contribution >= 4 is 28.5 Å². The second-order valence-electron chi connectivity index (χ2n) is 8.29. The summed E-state index contributed by atoms with van der Waals surface area (Å²) >= 11 is 0. The zero-order valence-electron chi connectivity index (χ0n) is 19.5. The maximum absolute atomic E-state index is 15.7. The number of pyridine rings is 1. The van der Waals surface area contributed by atoms with Gasteiger partial charge in [0, 0.05) is 38.1 Å². The van der Waals surface area contributed by atoms with E-state index in [1.807, 2.05) is 11.9 Å². The van der Waals surface area contributed by atoms with Crippen molar-refractivity contribution in [3.8, 4) is 11.4 Å². The summed E-state index contributed by atoms with van der Waals surface area (Å²) in [5.41, 5.74) is -1.72. The van der Waals surface area contributed by atoms with E-state index in [-0.39, 0.29) is 22.3 Å². The number of phenolic OH excluding ortho intramolecular Hbond substituents is 1. The molecule has 36 heavy (non-hydrogen) atoms. The van der Waals surface area contributed by atoms with Crippen LogP contribution < -0.4 is 10.3 Å². The first-order valence-corrected chi connectivity index (χ1v) is 10.9. The van der Waals surface area contributed by atoms with Crippen LogP contribution in [0.25, 0.3) is 16.6 Å². The first-order chi connectivity index (χ1) is 16.9. The molecule has 0 radical (unpaired) electrons. The van der Waals surface area contributed by atoms with E-state index >= 15 is 4.39 Å². The zero-order valence-corrected chi connectivity index (χ0v) is 19.5. The van der Waals surface area contributed by atoms with E-state index in [2.05, 4.69) is 0 Å². The van der Waals surface area contributed by atoms with Gasteiger partial charge in [0.05, 0.1) is 10.9 Å². The molecule has 192 valence electrons. The molecule has 0 amide bonds. The number of hydrogen-bond acceptors (Lipinski definition) is 7. The van der Waals surface area contributed by atoms with Crippen molar-refractivity contribution in [1.29, 1.82) is 0 Å². The van der Waals surface area contributed by atoms with Gasteiger partial charge in [-0.05, 0) is 44.3 Å². The maximum Gasteiger partial charge on any atom is 0.341 e. The Morgan fingerprint density at radius 1 is 1.03 bits per heavy atom. The fourth-order valence-electron chi connectivity index (χ4n) is 3.69. The predicted octanol–water partition coefficient (Wildman–Crippen LogP) is 1.88. The van der Waals surface area contributed by atoms with Gasteiger partial charge in [0.25, 0.3) is 0 Å². The Balaban J connectivity index is 0.000000538. The van der Waals surface area contributed by atoms with Crippen LogP contribution in [0.4, 0.5) is 14.5 Å². The monoisotopic (exact) mass is 505 g/mol. The number of aliphatic carboxylic acids is 1. The van der Waals surface area contributed by atoms with Gasteiger partial charge in [0.1, 0.15) is 28.9 Å². The number of aromatic carboxylic acids is 1. The van der Waals surface area contributed by atoms with Crippen LogP contribution in [0.1, 0.15) is 17.3 Å². The molecule has 1 aliphatic heterocycles. The maximum atomic E-state index is 15.7. The van der Waals surface area contributed by atoms with Gasteiger partial charge in [-0.3, -0.25) is 4.79 Å². The lowest BCUT2D eigenvalue weighted by Crippen LogP contribution is -2.45. The lowest BCUT2D eigenvalue weighted by molar-refractivity contribution is -0.145. The molecular weight excluding hydrogens is 480 g/mol. The second-order valence-corrected chi connectivity index (χ2v) is 8.29. The lowest BCUT2D eigenvalue weighted by Gasteiger charge is -2.34. The summed E-state index contributed by atoms with van der Waals surface area (Å²) in [4.78, 5) is 37.3. The van der Waals surface area contributed by atoms with Crippen LogP contribution in [0.5, 0.6) is 5.75 Å². The van der Waals surface area contributed by atoms with Crippen LogP contribution in [0.15, 0.2) is 41.3 Å². The van der Waals surface area contributed by atoms with Crippen molar-refractivity contribution in [2.75, 3.05) is 38.1 Å². The average molecular weight is 505 g/mol. The van der Waals surface area contributed by atoms with Gasteiger partial charge in [-0.1, -0.05) is 0 Å². The lowest BCUT2D eigenvalue weighted by atomic mass is 10.1. The minimum atomic E-state index is -1.50. The number of carboxylic acid groups (broad SMARTS) is 2. The largest absolute Gasteiger partial charge is 0.508 e. The molecule has 4 rings (SSSR count). The van der Waals surface area contributed by atoms with Gasteiger partial charge in [0.2, 0.25) is 5.43 Å². The van der Waals surface area contributed by atoms with E-state index in [4.69, 9.17) is 10.2 Å². The van der Waals surface area contributed by atoms with E-state index < -0.39 is 40.7 Å². The van der Waals surface area contributed by atoms with Crippen LogP contribution in [0, 0.1) is 11.6 Å². The first kappa shape index (κ1) is 26.6. The second kappa shape index (κ2) is 10.7. The molecule has 2 aromatic carbocycles. The summed E-state index contributed by atoms with van der Waals surface area (Å²) in [7, 11) is 1.92. The molecule has 2 heterocycles. The van der Waals surface area contributed by atoms with Crippen molar-refractivity contribution in [3.63, 3.8) is 0 Å². The summed E-state index contributed by atoms with van der Waals surface area (Å²) in [6, 6.07) is 6.50. The van der Waals surface area contributed by atoms with Gasteiger partial charge < -0.3 is 34.8 Å². The highest BCUT2D eigenvalue weighted by atomic mass is 19.1. The molecule has 1 unspecified atom stereocenters. The van der Waals surface area contributed by atoms with Gasteiger partial charge >= 0.3 is 11.9 Å². The van der Waals surface area contributed by atoms with Crippen molar-refractivity contribution in [1.82, 2.24) is 9.47 Å². The highest BCUT2D eigenvalue weighted by Gasteiger charge is 2.27. The van der Waals surface area contributed by atoms with Gasteiger partial charge in [-0.15, -0.1) is 0 Å². The molecule has 4 N–H and O–H groups in total. The molecule has 0 saturated carbocycles. The summed E-state index contributed by atoms with van der Waals surface area (Å²) in [5.74, 6) is -4.57. The van der Waals surface area contributed by atoms with Crippen molar-refractivity contribution in [3.05, 3.63) is 63.9 Å². The molecular formula is C24H25F2N3O7. The number of likely N-dealkylation sites (N-methyl/N-ethyl adjacent to an activating group) is 1. The molecule has 10 nitrogen and oxygen atoms in total. The number of aliphatic hydroxyl groups excluding tert-OH is 1. The molecule has 1 atom stereocenters. The number of halogens is 2. The minimum absolute atomic E-state index is 0.0350. The number of phenols is 1. The standard InChI is InChI=1S/C21H19F2N3O4.C3H6O3/c1-24-6-8-25(9-7-24)19-16(22)10-14-18(17(19)23)26(11-15(20(14)28)21(29)30)12-2-4-13(27)5-3-12;1-2(4)3(5)6/h2-5,10-11,27H,6-9H2,1H3,(H,29,30);2,4H,1H3,(H,5,6). The number of fused-ring (bicyclic) bond motifs is 1. The Morgan fingerprint density at radius 3 is 2.08 bits per heavy atom. The number of carboxylic acids is 2. The number of anilines is 1. The third-order valence-corrected chi connectivity index (χ3v) is 5.69. The highest BCUT2D eigenvalue weighted by Crippen LogP contribution is 2.32. The normalized spacial score (nSPS) is 14.8. The van der Waals surface area contributed by atoms with Crippen molar-refractivity contribution in [2.24, 2.45) is 0 Å². The Kier molecular flexibility index (Phi) is 7.90. The third-order valence-electron chi connectivity index (χ3n) is 5.69. The van der Waals surface area contributed by atoms with Gasteiger partial charge in [0.15, 0.2) is 5.82 Å². The molecule has 0 spiro atoms. The number of piperazine rings is 1. The van der Waals surface area contributed by atoms with Crippen LogP contribution in [0.3, 0.4) is 0 Å². The Bertz CT molecular complexity index is 1350. The molecule has 1 fully saturated rings. The van der Waals surface area contributed by atoms with E-state index in [0.29, 0.717) is 31.9 Å². The van der Waals surface area contributed by atoms with Crippen molar-refractivity contribution < 1.29 is 38.8 Å². The Hall–Kier alpha value is -4.03. The fourth-order valence-corrected chi connectivity index (χ4v) is 3.69. The van der Waals surface area contributed by atoms with Gasteiger partial charge in [-0.25, -0.2) is 18.4 Å². The Labute approximate surface area is 203 Å². The topological polar surface area (TPSA) is 144 Å². The minimum Gasteiger partial charge on any atom is -0.508 e.